The molecule has 0 radical (unpaired) electrons. The van der Waals surface area contributed by atoms with Gasteiger partial charge in [-0.2, -0.15) is 0 Å². The largest absolute Gasteiger partial charge is 0.391 e. The minimum atomic E-state index is -0.380. The van der Waals surface area contributed by atoms with Crippen molar-refractivity contribution in [3.63, 3.8) is 0 Å². The van der Waals surface area contributed by atoms with E-state index in [1.807, 2.05) is 6.07 Å². The number of amides is 2. The smallest absolute Gasteiger partial charge is 0.317 e. The summed E-state index contributed by atoms with van der Waals surface area (Å²) in [4.78, 5) is 14.0. The fourth-order valence-electron chi connectivity index (χ4n) is 3.41. The molecule has 3 unspecified atom stereocenters. The van der Waals surface area contributed by atoms with Crippen molar-refractivity contribution in [2.75, 3.05) is 13.6 Å². The molecule has 22 heavy (non-hydrogen) atoms. The van der Waals surface area contributed by atoms with Crippen molar-refractivity contribution in [2.45, 2.75) is 50.7 Å². The van der Waals surface area contributed by atoms with Gasteiger partial charge in [0.25, 0.3) is 0 Å². The van der Waals surface area contributed by atoms with Crippen LogP contribution in [0.25, 0.3) is 0 Å². The molecule has 1 fully saturated rings. The van der Waals surface area contributed by atoms with Crippen LogP contribution >= 0.6 is 0 Å². The van der Waals surface area contributed by atoms with Crippen LogP contribution in [-0.2, 0) is 0 Å². The summed E-state index contributed by atoms with van der Waals surface area (Å²) >= 11 is 0. The van der Waals surface area contributed by atoms with E-state index in [4.69, 9.17) is 0 Å². The lowest BCUT2D eigenvalue weighted by molar-refractivity contribution is 0.112. The third-order valence-corrected chi connectivity index (χ3v) is 5.06. The Labute approximate surface area is 132 Å². The summed E-state index contributed by atoms with van der Waals surface area (Å²) in [7, 11) is 1.76. The molecule has 1 aromatic rings. The van der Waals surface area contributed by atoms with Gasteiger partial charge in [0.15, 0.2) is 0 Å². The van der Waals surface area contributed by atoms with Gasteiger partial charge in [0, 0.05) is 13.6 Å². The molecule has 1 saturated carbocycles. The minimum absolute atomic E-state index is 0.0837. The van der Waals surface area contributed by atoms with Crippen LogP contribution in [0, 0.1) is 5.92 Å². The number of hydrogen-bond donors (Lipinski definition) is 2. The summed E-state index contributed by atoms with van der Waals surface area (Å²) < 4.78 is 0. The van der Waals surface area contributed by atoms with Gasteiger partial charge in [0.1, 0.15) is 0 Å². The Bertz CT molecular complexity index is 542. The van der Waals surface area contributed by atoms with Crippen molar-refractivity contribution in [1.29, 1.82) is 0 Å². The molecule has 120 valence electrons. The number of carbonyl (C=O) groups excluding carboxylic acids is 1. The average molecular weight is 302 g/mol. The van der Waals surface area contributed by atoms with Crippen molar-refractivity contribution in [2.24, 2.45) is 5.92 Å². The minimum Gasteiger partial charge on any atom is -0.391 e. The van der Waals surface area contributed by atoms with E-state index in [0.29, 0.717) is 18.4 Å². The Morgan fingerprint density at radius 1 is 1.27 bits per heavy atom. The van der Waals surface area contributed by atoms with Crippen LogP contribution in [0.2, 0.25) is 0 Å². The zero-order valence-corrected chi connectivity index (χ0v) is 13.5. The van der Waals surface area contributed by atoms with Crippen LogP contribution in [0.4, 0.5) is 4.79 Å². The Kier molecular flexibility index (Phi) is 4.39. The molecule has 4 heteroatoms. The van der Waals surface area contributed by atoms with Crippen LogP contribution in [-0.4, -0.2) is 35.7 Å². The van der Waals surface area contributed by atoms with Crippen molar-refractivity contribution in [3.8, 4) is 0 Å². The van der Waals surface area contributed by atoms with E-state index in [-0.39, 0.29) is 18.2 Å². The average Bonchev–Trinajstić information content (AvgIpc) is 3.35. The van der Waals surface area contributed by atoms with Crippen LogP contribution in [0.1, 0.15) is 55.7 Å². The number of nitrogens with one attached hydrogen (secondary N) is 1. The van der Waals surface area contributed by atoms with Gasteiger partial charge < -0.3 is 15.3 Å². The molecule has 0 heterocycles. The highest BCUT2D eigenvalue weighted by Crippen LogP contribution is 2.37. The molecule has 3 atom stereocenters. The second-order valence-electron chi connectivity index (χ2n) is 6.89. The van der Waals surface area contributed by atoms with E-state index >= 15 is 0 Å². The van der Waals surface area contributed by atoms with Gasteiger partial charge in [0.2, 0.25) is 0 Å². The Morgan fingerprint density at radius 2 is 1.95 bits per heavy atom. The molecule has 0 spiro atoms. The fourth-order valence-corrected chi connectivity index (χ4v) is 3.41. The van der Waals surface area contributed by atoms with Gasteiger partial charge in [-0.15, -0.1) is 0 Å². The predicted molar refractivity (Wildman–Crippen MR) is 86.7 cm³/mol. The summed E-state index contributed by atoms with van der Waals surface area (Å²) in [5.74, 6) is 0.949. The number of carbonyl (C=O) groups is 1. The number of aliphatic hydroxyl groups is 1. The molecule has 0 saturated heterocycles. The lowest BCUT2D eigenvalue weighted by Gasteiger charge is -2.32. The van der Waals surface area contributed by atoms with Crippen LogP contribution in [0.5, 0.6) is 0 Å². The summed E-state index contributed by atoms with van der Waals surface area (Å²) in [6, 6.07) is 8.39. The number of nitrogens with zero attached hydrogens (tertiary/aromatic N) is 1. The number of rotatable bonds is 4. The second kappa shape index (κ2) is 6.29. The maximum atomic E-state index is 12.4. The third-order valence-electron chi connectivity index (χ3n) is 5.06. The molecule has 2 aliphatic rings. The number of hydrogen-bond acceptors (Lipinski definition) is 2. The summed E-state index contributed by atoms with van der Waals surface area (Å²) in [6.45, 7) is 2.66. The molecule has 0 bridgehead atoms. The van der Waals surface area contributed by atoms with Crippen molar-refractivity contribution >= 4 is 6.03 Å². The van der Waals surface area contributed by atoms with E-state index in [0.717, 1.165) is 25.7 Å². The Morgan fingerprint density at radius 3 is 2.64 bits per heavy atom. The van der Waals surface area contributed by atoms with E-state index in [1.165, 1.54) is 11.1 Å². The van der Waals surface area contributed by atoms with Gasteiger partial charge in [-0.25, -0.2) is 4.79 Å². The molecule has 1 aromatic carbocycles. The van der Waals surface area contributed by atoms with Gasteiger partial charge in [-0.05, 0) is 48.6 Å². The van der Waals surface area contributed by atoms with Crippen LogP contribution < -0.4 is 5.32 Å². The van der Waals surface area contributed by atoms with Crippen molar-refractivity contribution in [3.05, 3.63) is 35.4 Å². The number of likely N-dealkylation sites (N-methyl/N-ethyl adjacent to an activating group) is 1. The normalized spacial score (nSPS) is 25.2. The molecular weight excluding hydrogens is 276 g/mol. The monoisotopic (exact) mass is 302 g/mol. The van der Waals surface area contributed by atoms with E-state index in [1.54, 1.807) is 11.9 Å². The third kappa shape index (κ3) is 3.27. The maximum Gasteiger partial charge on any atom is 0.317 e. The highest BCUT2D eigenvalue weighted by atomic mass is 16.3. The molecule has 0 aliphatic heterocycles. The topological polar surface area (TPSA) is 52.6 Å². The van der Waals surface area contributed by atoms with Crippen LogP contribution in [0.3, 0.4) is 0 Å². The molecule has 4 nitrogen and oxygen atoms in total. The van der Waals surface area contributed by atoms with Gasteiger partial charge in [-0.1, -0.05) is 31.2 Å². The molecular formula is C18H26N2O2. The summed E-state index contributed by atoms with van der Waals surface area (Å²) in [5, 5.41) is 13.1. The number of urea groups is 1. The Balaban J connectivity index is 1.63. The molecule has 2 aliphatic carbocycles. The molecule has 2 amide bonds. The lowest BCUT2D eigenvalue weighted by atomic mass is 9.81. The number of benzene rings is 1. The SMILES string of the molecule is CC1CCC(NC(=O)N(C)CC(O)C2CC2)c2ccccc21. The van der Waals surface area contributed by atoms with E-state index in [2.05, 4.69) is 30.4 Å². The molecule has 3 rings (SSSR count). The quantitative estimate of drug-likeness (QED) is 0.898. The maximum absolute atomic E-state index is 12.4. The summed E-state index contributed by atoms with van der Waals surface area (Å²) in [6.07, 6.45) is 3.86. The second-order valence-corrected chi connectivity index (χ2v) is 6.89. The first-order valence-electron chi connectivity index (χ1n) is 8.34. The first-order valence-corrected chi connectivity index (χ1v) is 8.34. The first kappa shape index (κ1) is 15.3. The van der Waals surface area contributed by atoms with E-state index < -0.39 is 0 Å². The highest BCUT2D eigenvalue weighted by Gasteiger charge is 2.32. The number of aliphatic hydroxyl groups excluding tert-OH is 1. The molecule has 0 aromatic heterocycles. The van der Waals surface area contributed by atoms with E-state index in [9.17, 15) is 9.90 Å². The zero-order chi connectivity index (χ0) is 15.7. The van der Waals surface area contributed by atoms with Gasteiger partial charge >= 0.3 is 6.03 Å². The lowest BCUT2D eigenvalue weighted by Crippen LogP contribution is -2.43. The summed E-state index contributed by atoms with van der Waals surface area (Å²) in [5.41, 5.74) is 2.59. The predicted octanol–water partition coefficient (Wildman–Crippen LogP) is 3.04. The molecule has 2 N–H and O–H groups in total. The van der Waals surface area contributed by atoms with Gasteiger partial charge in [-0.3, -0.25) is 0 Å². The first-order chi connectivity index (χ1) is 10.6. The number of fused-ring (bicyclic) bond motifs is 1. The zero-order valence-electron chi connectivity index (χ0n) is 13.5. The van der Waals surface area contributed by atoms with Crippen molar-refractivity contribution < 1.29 is 9.90 Å². The van der Waals surface area contributed by atoms with Gasteiger partial charge in [0.05, 0.1) is 12.1 Å². The van der Waals surface area contributed by atoms with Crippen molar-refractivity contribution in [1.82, 2.24) is 10.2 Å². The standard InChI is InChI=1S/C18H26N2O2/c1-12-7-10-16(15-6-4-3-5-14(12)15)19-18(22)20(2)11-17(21)13-8-9-13/h3-6,12-13,16-17,21H,7-11H2,1-2H3,(H,19,22). The Hall–Kier alpha value is -1.55. The van der Waals surface area contributed by atoms with Crippen LogP contribution in [0.15, 0.2) is 24.3 Å². The highest BCUT2D eigenvalue weighted by molar-refractivity contribution is 5.74. The fraction of sp³-hybridized carbons (Fsp3) is 0.611.